The maximum Gasteiger partial charge on any atom is 0.221 e. The van der Waals surface area contributed by atoms with E-state index in [-0.39, 0.29) is 5.91 Å². The Kier molecular flexibility index (Phi) is 4.73. The summed E-state index contributed by atoms with van der Waals surface area (Å²) >= 11 is 0. The van der Waals surface area contributed by atoms with Crippen molar-refractivity contribution in [2.75, 3.05) is 5.32 Å². The van der Waals surface area contributed by atoms with Crippen LogP contribution < -0.4 is 5.32 Å². The summed E-state index contributed by atoms with van der Waals surface area (Å²) in [6.07, 6.45) is 0. The van der Waals surface area contributed by atoms with Gasteiger partial charge in [-0.1, -0.05) is 39.8 Å². The number of nitrogens with one attached hydrogen (secondary N) is 1. The number of carbonyl (C=O) groups excluding carboxylic acids is 1. The molecule has 0 saturated heterocycles. The number of benzene rings is 2. The minimum atomic E-state index is -0.0472. The molecule has 0 spiro atoms. The van der Waals surface area contributed by atoms with Gasteiger partial charge in [-0.15, -0.1) is 0 Å². The van der Waals surface area contributed by atoms with E-state index in [9.17, 15) is 4.79 Å². The monoisotopic (exact) mass is 275 g/mol. The number of carbonyl (C=O) groups is 1. The first-order valence-corrected chi connectivity index (χ1v) is 7.66. The number of anilines is 1. The summed E-state index contributed by atoms with van der Waals surface area (Å²) in [6, 6.07) is 18.1. The number of amides is 1. The highest BCUT2D eigenvalue weighted by atomic mass is 33.1. The summed E-state index contributed by atoms with van der Waals surface area (Å²) in [4.78, 5) is 13.3. The van der Waals surface area contributed by atoms with Crippen molar-refractivity contribution < 1.29 is 4.79 Å². The van der Waals surface area contributed by atoms with Crippen LogP contribution >= 0.6 is 21.6 Å². The van der Waals surface area contributed by atoms with E-state index in [0.717, 1.165) is 10.6 Å². The minimum Gasteiger partial charge on any atom is -0.326 e. The quantitative estimate of drug-likeness (QED) is 0.836. The zero-order chi connectivity index (χ0) is 12.8. The molecular weight excluding hydrogens is 262 g/mol. The van der Waals surface area contributed by atoms with Gasteiger partial charge in [0.05, 0.1) is 0 Å². The zero-order valence-electron chi connectivity index (χ0n) is 9.92. The third kappa shape index (κ3) is 4.13. The largest absolute Gasteiger partial charge is 0.326 e. The first-order chi connectivity index (χ1) is 8.74. The van der Waals surface area contributed by atoms with Crippen molar-refractivity contribution in [1.29, 1.82) is 0 Å². The second-order valence-electron chi connectivity index (χ2n) is 3.69. The molecule has 0 aromatic heterocycles. The molecule has 18 heavy (non-hydrogen) atoms. The Morgan fingerprint density at radius 3 is 2.00 bits per heavy atom. The Morgan fingerprint density at radius 1 is 0.889 bits per heavy atom. The molecule has 92 valence electrons. The molecule has 0 radical (unpaired) electrons. The second-order valence-corrected chi connectivity index (χ2v) is 5.96. The molecule has 0 aliphatic rings. The Balaban J connectivity index is 1.92. The van der Waals surface area contributed by atoms with Crippen LogP contribution in [0.1, 0.15) is 6.92 Å². The normalized spacial score (nSPS) is 10.1. The van der Waals surface area contributed by atoms with Crippen LogP contribution in [0.3, 0.4) is 0 Å². The third-order valence-electron chi connectivity index (χ3n) is 2.15. The van der Waals surface area contributed by atoms with Crippen molar-refractivity contribution >= 4 is 33.2 Å². The van der Waals surface area contributed by atoms with Gasteiger partial charge in [0.15, 0.2) is 0 Å². The molecule has 0 unspecified atom stereocenters. The van der Waals surface area contributed by atoms with Gasteiger partial charge in [0.25, 0.3) is 0 Å². The second kappa shape index (κ2) is 6.52. The van der Waals surface area contributed by atoms with E-state index in [2.05, 4.69) is 17.4 Å². The highest BCUT2D eigenvalue weighted by Crippen LogP contribution is 2.37. The van der Waals surface area contributed by atoms with Crippen LogP contribution in [-0.4, -0.2) is 5.91 Å². The van der Waals surface area contributed by atoms with Crippen LogP contribution in [0.5, 0.6) is 0 Å². The van der Waals surface area contributed by atoms with E-state index in [1.54, 1.807) is 21.6 Å². The highest BCUT2D eigenvalue weighted by molar-refractivity contribution is 8.76. The van der Waals surface area contributed by atoms with E-state index >= 15 is 0 Å². The Labute approximate surface area is 115 Å². The highest BCUT2D eigenvalue weighted by Gasteiger charge is 1.98. The van der Waals surface area contributed by atoms with Crippen LogP contribution in [0.4, 0.5) is 5.69 Å². The van der Waals surface area contributed by atoms with Crippen LogP contribution in [0.25, 0.3) is 0 Å². The minimum absolute atomic E-state index is 0.0472. The van der Waals surface area contributed by atoms with E-state index in [4.69, 9.17) is 0 Å². The predicted octanol–water partition coefficient (Wildman–Crippen LogP) is 4.44. The van der Waals surface area contributed by atoms with Crippen LogP contribution in [0, 0.1) is 0 Å². The number of hydrogen-bond acceptors (Lipinski definition) is 3. The molecule has 0 aliphatic carbocycles. The van der Waals surface area contributed by atoms with Gasteiger partial charge in [-0.05, 0) is 36.4 Å². The Bertz CT molecular complexity index is 511. The lowest BCUT2D eigenvalue weighted by Gasteiger charge is -2.04. The summed E-state index contributed by atoms with van der Waals surface area (Å²) in [5.41, 5.74) is 0.830. The van der Waals surface area contributed by atoms with Crippen molar-refractivity contribution in [3.8, 4) is 0 Å². The van der Waals surface area contributed by atoms with Gasteiger partial charge >= 0.3 is 0 Å². The average molecular weight is 275 g/mol. The first-order valence-electron chi connectivity index (χ1n) is 5.51. The molecule has 4 heteroatoms. The van der Waals surface area contributed by atoms with Gasteiger partial charge < -0.3 is 5.32 Å². The molecule has 0 atom stereocenters. The molecule has 0 fully saturated rings. The van der Waals surface area contributed by atoms with E-state index in [0.29, 0.717) is 0 Å². The summed E-state index contributed by atoms with van der Waals surface area (Å²) in [5.74, 6) is -0.0472. The Morgan fingerprint density at radius 2 is 1.44 bits per heavy atom. The van der Waals surface area contributed by atoms with Gasteiger partial charge in [-0.25, -0.2) is 0 Å². The van der Waals surface area contributed by atoms with Crippen molar-refractivity contribution in [3.63, 3.8) is 0 Å². The molecule has 1 amide bonds. The van der Waals surface area contributed by atoms with Gasteiger partial charge in [-0.2, -0.15) is 0 Å². The molecule has 0 heterocycles. The molecule has 1 N–H and O–H groups in total. The maximum absolute atomic E-state index is 10.9. The summed E-state index contributed by atoms with van der Waals surface area (Å²) in [5, 5.41) is 2.75. The topological polar surface area (TPSA) is 29.1 Å². The van der Waals surface area contributed by atoms with Gasteiger partial charge in [-0.3, -0.25) is 4.79 Å². The fourth-order valence-electron chi connectivity index (χ4n) is 1.37. The van der Waals surface area contributed by atoms with Crippen LogP contribution in [-0.2, 0) is 4.79 Å². The van der Waals surface area contributed by atoms with Crippen molar-refractivity contribution in [2.24, 2.45) is 0 Å². The molecule has 0 saturated carbocycles. The summed E-state index contributed by atoms with van der Waals surface area (Å²) < 4.78 is 0. The molecule has 0 aliphatic heterocycles. The molecule has 2 aromatic carbocycles. The predicted molar refractivity (Wildman–Crippen MR) is 78.9 cm³/mol. The molecule has 0 bridgehead atoms. The van der Waals surface area contributed by atoms with E-state index < -0.39 is 0 Å². The van der Waals surface area contributed by atoms with Crippen molar-refractivity contribution in [1.82, 2.24) is 0 Å². The lowest BCUT2D eigenvalue weighted by Crippen LogP contribution is -2.05. The lowest BCUT2D eigenvalue weighted by atomic mass is 10.3. The molecule has 2 rings (SSSR count). The van der Waals surface area contributed by atoms with Crippen LogP contribution in [0.15, 0.2) is 64.4 Å². The average Bonchev–Trinajstić information content (AvgIpc) is 2.38. The molecule has 2 aromatic rings. The van der Waals surface area contributed by atoms with Gasteiger partial charge in [0.2, 0.25) is 5.91 Å². The van der Waals surface area contributed by atoms with Gasteiger partial charge in [0, 0.05) is 22.4 Å². The van der Waals surface area contributed by atoms with Crippen LogP contribution in [0.2, 0.25) is 0 Å². The fraction of sp³-hybridized carbons (Fsp3) is 0.0714. The Hall–Kier alpha value is -1.39. The number of rotatable bonds is 4. The van der Waals surface area contributed by atoms with Crippen molar-refractivity contribution in [3.05, 3.63) is 54.6 Å². The standard InChI is InChI=1S/C14H13NOS2/c1-11(16)15-12-7-9-14(10-8-12)18-17-13-5-3-2-4-6-13/h2-10H,1H3,(H,15,16). The zero-order valence-corrected chi connectivity index (χ0v) is 11.6. The SMILES string of the molecule is CC(=O)Nc1ccc(SSc2ccccc2)cc1. The lowest BCUT2D eigenvalue weighted by molar-refractivity contribution is -0.114. The first kappa shape index (κ1) is 13.1. The van der Waals surface area contributed by atoms with Crippen molar-refractivity contribution in [2.45, 2.75) is 16.7 Å². The molecule has 2 nitrogen and oxygen atoms in total. The van der Waals surface area contributed by atoms with Gasteiger partial charge in [0.1, 0.15) is 0 Å². The third-order valence-corrected chi connectivity index (χ3v) is 4.57. The smallest absolute Gasteiger partial charge is 0.221 e. The number of hydrogen-bond donors (Lipinski definition) is 1. The van der Waals surface area contributed by atoms with E-state index in [1.165, 1.54) is 11.8 Å². The summed E-state index contributed by atoms with van der Waals surface area (Å²) in [7, 11) is 3.43. The summed E-state index contributed by atoms with van der Waals surface area (Å²) in [6.45, 7) is 1.51. The molecular formula is C14H13NOS2. The maximum atomic E-state index is 10.9. The fourth-order valence-corrected chi connectivity index (χ4v) is 3.32. The van der Waals surface area contributed by atoms with E-state index in [1.807, 2.05) is 42.5 Å².